The lowest BCUT2D eigenvalue weighted by molar-refractivity contribution is -0.123. The van der Waals surface area contributed by atoms with Crippen LogP contribution in [0.5, 0.6) is 0 Å². The van der Waals surface area contributed by atoms with Crippen LogP contribution in [0.15, 0.2) is 60.7 Å². The molecule has 2 atom stereocenters. The fraction of sp³-hybridized carbons (Fsp3) is 0.448. The molecule has 0 aromatic heterocycles. The molecule has 0 saturated heterocycles. The summed E-state index contributed by atoms with van der Waals surface area (Å²) < 4.78 is 10.5. The molecule has 0 aliphatic heterocycles. The van der Waals surface area contributed by atoms with E-state index in [1.807, 2.05) is 88.4 Å². The van der Waals surface area contributed by atoms with Crippen molar-refractivity contribution in [2.24, 2.45) is 11.8 Å². The Kier molecular flexibility index (Phi) is 12.3. The van der Waals surface area contributed by atoms with Crippen LogP contribution in [0.3, 0.4) is 0 Å². The maximum atomic E-state index is 12.8. The summed E-state index contributed by atoms with van der Waals surface area (Å²) in [4.78, 5) is 50.1. The summed E-state index contributed by atoms with van der Waals surface area (Å²) in [6.45, 7) is 7.57. The van der Waals surface area contributed by atoms with E-state index in [1.165, 1.54) is 0 Å². The van der Waals surface area contributed by atoms with Crippen LogP contribution in [0.25, 0.3) is 0 Å². The molecule has 0 unspecified atom stereocenters. The summed E-state index contributed by atoms with van der Waals surface area (Å²) in [5.74, 6) is -0.625. The Labute approximate surface area is 219 Å². The number of amides is 2. The van der Waals surface area contributed by atoms with E-state index < -0.39 is 24.3 Å². The summed E-state index contributed by atoms with van der Waals surface area (Å²) >= 11 is 0. The molecule has 0 bridgehead atoms. The summed E-state index contributed by atoms with van der Waals surface area (Å²) in [5, 5.41) is 5.30. The minimum absolute atomic E-state index is 0.109. The van der Waals surface area contributed by atoms with Gasteiger partial charge in [-0.15, -0.1) is 0 Å². The fourth-order valence-electron chi connectivity index (χ4n) is 3.77. The van der Waals surface area contributed by atoms with Gasteiger partial charge in [-0.3, -0.25) is 9.59 Å². The molecular formula is C29H38N2O6. The largest absolute Gasteiger partial charge is 0.445 e. The highest BCUT2D eigenvalue weighted by Gasteiger charge is 2.27. The van der Waals surface area contributed by atoms with Crippen molar-refractivity contribution in [1.29, 1.82) is 0 Å². The van der Waals surface area contributed by atoms with E-state index in [2.05, 4.69) is 10.6 Å². The van der Waals surface area contributed by atoms with Crippen LogP contribution in [-0.4, -0.2) is 35.8 Å². The fourth-order valence-corrected chi connectivity index (χ4v) is 3.77. The number of carbonyl (C=O) groups is 4. The molecule has 0 heterocycles. The molecule has 0 aliphatic rings. The Morgan fingerprint density at radius 2 is 0.973 bits per heavy atom. The van der Waals surface area contributed by atoms with Crippen LogP contribution in [-0.2, 0) is 32.3 Å². The second-order valence-electron chi connectivity index (χ2n) is 9.64. The Morgan fingerprint density at radius 1 is 0.622 bits per heavy atom. The predicted octanol–water partition coefficient (Wildman–Crippen LogP) is 5.20. The van der Waals surface area contributed by atoms with E-state index in [-0.39, 0.29) is 49.5 Å². The number of ketones is 2. The second-order valence-corrected chi connectivity index (χ2v) is 9.64. The molecule has 0 spiro atoms. The number of hydrogen-bond donors (Lipinski definition) is 2. The van der Waals surface area contributed by atoms with Crippen LogP contribution in [0.1, 0.15) is 58.1 Å². The lowest BCUT2D eigenvalue weighted by Crippen LogP contribution is -2.45. The van der Waals surface area contributed by atoms with Crippen molar-refractivity contribution in [2.75, 3.05) is 0 Å². The normalized spacial score (nSPS) is 12.5. The molecule has 0 radical (unpaired) electrons. The predicted molar refractivity (Wildman–Crippen MR) is 141 cm³/mol. The third kappa shape index (κ3) is 10.9. The Morgan fingerprint density at radius 3 is 1.30 bits per heavy atom. The number of hydrogen-bond acceptors (Lipinski definition) is 6. The zero-order valence-corrected chi connectivity index (χ0v) is 22.1. The van der Waals surface area contributed by atoms with Crippen molar-refractivity contribution in [3.05, 3.63) is 71.8 Å². The first kappa shape index (κ1) is 29.5. The molecule has 8 heteroatoms. The average molecular weight is 511 g/mol. The zero-order chi connectivity index (χ0) is 27.2. The molecule has 0 aliphatic carbocycles. The average Bonchev–Trinajstić information content (AvgIpc) is 2.88. The number of Topliss-reactive ketones (excluding diaryl/α,β-unsaturated/α-hetero) is 2. The van der Waals surface area contributed by atoms with Crippen LogP contribution in [0, 0.1) is 11.8 Å². The Balaban J connectivity index is 1.79. The number of nitrogens with one attached hydrogen (secondary N) is 2. The molecule has 0 saturated carbocycles. The summed E-state index contributed by atoms with van der Waals surface area (Å²) in [7, 11) is 0. The molecule has 0 fully saturated rings. The van der Waals surface area contributed by atoms with E-state index in [1.54, 1.807) is 0 Å². The van der Waals surface area contributed by atoms with Gasteiger partial charge in [0.25, 0.3) is 0 Å². The van der Waals surface area contributed by atoms with Gasteiger partial charge in [0.05, 0.1) is 12.1 Å². The van der Waals surface area contributed by atoms with Gasteiger partial charge < -0.3 is 20.1 Å². The number of alkyl carbamates (subject to hydrolysis) is 2. The van der Waals surface area contributed by atoms with Gasteiger partial charge >= 0.3 is 12.2 Å². The van der Waals surface area contributed by atoms with Crippen LogP contribution >= 0.6 is 0 Å². The third-order valence-corrected chi connectivity index (χ3v) is 5.85. The lowest BCUT2D eigenvalue weighted by atomic mass is 9.93. The Bertz CT molecular complexity index is 926. The highest BCUT2D eigenvalue weighted by atomic mass is 16.6. The van der Waals surface area contributed by atoms with Crippen LogP contribution < -0.4 is 10.6 Å². The highest BCUT2D eigenvalue weighted by molar-refractivity contribution is 5.90. The van der Waals surface area contributed by atoms with Gasteiger partial charge in [0.1, 0.15) is 13.2 Å². The van der Waals surface area contributed by atoms with E-state index >= 15 is 0 Å². The summed E-state index contributed by atoms with van der Waals surface area (Å²) in [6, 6.07) is 17.1. The molecule has 200 valence electrons. The number of rotatable bonds is 14. The standard InChI is InChI=1S/C29H38N2O6/c1-20(2)26(30-28(34)36-18-22-12-7-5-8-13-22)24(32)16-11-17-25(33)27(21(3)4)31-29(35)37-19-23-14-9-6-10-15-23/h5-10,12-15,20-21,26-27H,11,16-19H2,1-4H3,(H,30,34)(H,31,35)/t26-,27-/m0/s1. The number of benzene rings is 2. The third-order valence-electron chi connectivity index (χ3n) is 5.85. The topological polar surface area (TPSA) is 111 Å². The SMILES string of the molecule is CC(C)[C@H](NC(=O)OCc1ccccc1)C(=O)CCCC(=O)[C@@H](NC(=O)OCc1ccccc1)C(C)C. The van der Waals surface area contributed by atoms with Gasteiger partial charge in [0, 0.05) is 12.8 Å². The maximum Gasteiger partial charge on any atom is 0.408 e. The first-order chi connectivity index (χ1) is 17.7. The van der Waals surface area contributed by atoms with Gasteiger partial charge in [-0.05, 0) is 29.4 Å². The molecule has 2 rings (SSSR count). The lowest BCUT2D eigenvalue weighted by Gasteiger charge is -2.22. The highest BCUT2D eigenvalue weighted by Crippen LogP contribution is 2.13. The smallest absolute Gasteiger partial charge is 0.408 e. The minimum Gasteiger partial charge on any atom is -0.445 e. The van der Waals surface area contributed by atoms with Crippen molar-refractivity contribution in [1.82, 2.24) is 10.6 Å². The van der Waals surface area contributed by atoms with E-state index in [9.17, 15) is 19.2 Å². The van der Waals surface area contributed by atoms with E-state index in [0.29, 0.717) is 6.42 Å². The quantitative estimate of drug-likeness (QED) is 0.362. The van der Waals surface area contributed by atoms with Crippen LogP contribution in [0.2, 0.25) is 0 Å². The van der Waals surface area contributed by atoms with Gasteiger partial charge in [-0.2, -0.15) is 0 Å². The van der Waals surface area contributed by atoms with Crippen molar-refractivity contribution in [2.45, 2.75) is 72.3 Å². The number of ether oxygens (including phenoxy) is 2. The minimum atomic E-state index is -0.717. The van der Waals surface area contributed by atoms with Crippen molar-refractivity contribution < 1.29 is 28.7 Å². The van der Waals surface area contributed by atoms with Gasteiger partial charge in [-0.1, -0.05) is 88.4 Å². The van der Waals surface area contributed by atoms with Crippen molar-refractivity contribution >= 4 is 23.8 Å². The second kappa shape index (κ2) is 15.4. The van der Waals surface area contributed by atoms with Crippen molar-refractivity contribution in [3.8, 4) is 0 Å². The molecule has 2 aromatic rings. The first-order valence-corrected chi connectivity index (χ1v) is 12.7. The monoisotopic (exact) mass is 510 g/mol. The van der Waals surface area contributed by atoms with Crippen LogP contribution in [0.4, 0.5) is 9.59 Å². The molecule has 2 amide bonds. The summed E-state index contributed by atoms with van der Waals surface area (Å²) in [5.41, 5.74) is 1.70. The Hall–Kier alpha value is -3.68. The molecule has 2 N–H and O–H groups in total. The molecule has 37 heavy (non-hydrogen) atoms. The van der Waals surface area contributed by atoms with Gasteiger partial charge in [0.15, 0.2) is 11.6 Å². The molecule has 2 aromatic carbocycles. The van der Waals surface area contributed by atoms with Crippen molar-refractivity contribution in [3.63, 3.8) is 0 Å². The molecule has 8 nitrogen and oxygen atoms in total. The van der Waals surface area contributed by atoms with E-state index in [4.69, 9.17) is 9.47 Å². The van der Waals surface area contributed by atoms with Gasteiger partial charge in [-0.25, -0.2) is 9.59 Å². The molecular weight excluding hydrogens is 472 g/mol. The zero-order valence-electron chi connectivity index (χ0n) is 22.1. The first-order valence-electron chi connectivity index (χ1n) is 12.7. The van der Waals surface area contributed by atoms with Gasteiger partial charge in [0.2, 0.25) is 0 Å². The maximum absolute atomic E-state index is 12.8. The number of carbonyl (C=O) groups excluding carboxylic acids is 4. The van der Waals surface area contributed by atoms with E-state index in [0.717, 1.165) is 11.1 Å². The summed E-state index contributed by atoms with van der Waals surface area (Å²) in [6.07, 6.45) is -0.769.